The third kappa shape index (κ3) is 4.08. The van der Waals surface area contributed by atoms with Crippen LogP contribution in [0.2, 0.25) is 0 Å². The van der Waals surface area contributed by atoms with Crippen molar-refractivity contribution in [2.75, 3.05) is 0 Å². The smallest absolute Gasteiger partial charge is 0.550 e. The van der Waals surface area contributed by atoms with Gasteiger partial charge in [-0.25, -0.2) is 0 Å². The first-order valence-corrected chi connectivity index (χ1v) is 2.74. The third-order valence-electron chi connectivity index (χ3n) is 0.994. The number of nitrogens with zero attached hydrogens (tertiary/aromatic N) is 2. The van der Waals surface area contributed by atoms with Gasteiger partial charge >= 0.3 is 29.6 Å². The fraction of sp³-hybridized carbons (Fsp3) is 0.167. The minimum Gasteiger partial charge on any atom is -0.550 e. The third-order valence-corrected chi connectivity index (χ3v) is 0.994. The standard InChI is InChI=1S/C6H6N2O2.Na/c9-6(10)3-5-1-2-7-8-4-5;/h1-2,4H,3H2,(H,9,10);/q;+1/p-1. The summed E-state index contributed by atoms with van der Waals surface area (Å²) in [5.74, 6) is -1.10. The number of carbonyl (C=O) groups excluding carboxylic acids is 1. The van der Waals surface area contributed by atoms with Gasteiger partial charge in [-0.3, -0.25) is 0 Å². The average Bonchev–Trinajstić information content (AvgIpc) is 1.88. The maximum Gasteiger partial charge on any atom is 1.00 e. The van der Waals surface area contributed by atoms with Crippen LogP contribution in [0.1, 0.15) is 5.56 Å². The molecule has 0 aliphatic rings. The van der Waals surface area contributed by atoms with Crippen LogP contribution < -0.4 is 34.7 Å². The molecule has 1 heterocycles. The number of hydrogen-bond donors (Lipinski definition) is 0. The average molecular weight is 160 g/mol. The van der Waals surface area contributed by atoms with Crippen molar-refractivity contribution in [2.24, 2.45) is 0 Å². The molecular weight excluding hydrogens is 155 g/mol. The fourth-order valence-electron chi connectivity index (χ4n) is 0.589. The van der Waals surface area contributed by atoms with Gasteiger partial charge < -0.3 is 9.90 Å². The predicted octanol–water partition coefficient (Wildman–Crippen LogP) is -4.23. The van der Waals surface area contributed by atoms with Crippen molar-refractivity contribution in [3.63, 3.8) is 0 Å². The largest absolute Gasteiger partial charge is 1.00 e. The van der Waals surface area contributed by atoms with E-state index in [9.17, 15) is 9.90 Å². The summed E-state index contributed by atoms with van der Waals surface area (Å²) in [6.07, 6.45) is 2.74. The molecule has 0 saturated carbocycles. The summed E-state index contributed by atoms with van der Waals surface area (Å²) in [5, 5.41) is 17.0. The molecule has 0 unspecified atom stereocenters. The Kier molecular flexibility index (Phi) is 5.02. The molecule has 0 saturated heterocycles. The van der Waals surface area contributed by atoms with E-state index in [2.05, 4.69) is 10.2 Å². The second kappa shape index (κ2) is 5.23. The maximum absolute atomic E-state index is 10.0. The quantitative estimate of drug-likeness (QED) is 0.411. The van der Waals surface area contributed by atoms with E-state index in [-0.39, 0.29) is 36.0 Å². The summed E-state index contributed by atoms with van der Waals surface area (Å²) in [6, 6.07) is 1.59. The van der Waals surface area contributed by atoms with E-state index in [4.69, 9.17) is 0 Å². The van der Waals surface area contributed by atoms with Crippen LogP contribution in [0, 0.1) is 0 Å². The molecule has 1 aromatic rings. The molecule has 52 valence electrons. The number of aromatic nitrogens is 2. The molecule has 0 N–H and O–H groups in total. The Morgan fingerprint density at radius 3 is 2.73 bits per heavy atom. The molecule has 4 nitrogen and oxygen atoms in total. The molecule has 0 amide bonds. The first kappa shape index (κ1) is 10.6. The molecular formula is C6H5N2NaO2. The molecule has 0 aliphatic carbocycles. The van der Waals surface area contributed by atoms with Gasteiger partial charge in [0.15, 0.2) is 0 Å². The van der Waals surface area contributed by atoms with Gasteiger partial charge in [-0.2, -0.15) is 10.2 Å². The maximum atomic E-state index is 10.0. The van der Waals surface area contributed by atoms with Gasteiger partial charge in [0.1, 0.15) is 0 Å². The molecule has 0 aliphatic heterocycles. The molecule has 1 rings (SSSR count). The van der Waals surface area contributed by atoms with E-state index in [0.29, 0.717) is 5.56 Å². The van der Waals surface area contributed by atoms with Crippen LogP contribution in [0.3, 0.4) is 0 Å². The van der Waals surface area contributed by atoms with E-state index < -0.39 is 5.97 Å². The van der Waals surface area contributed by atoms with Gasteiger partial charge in [0, 0.05) is 18.6 Å². The Balaban J connectivity index is 0.000001000. The number of rotatable bonds is 2. The molecule has 0 fully saturated rings. The van der Waals surface area contributed by atoms with Crippen molar-refractivity contribution in [3.8, 4) is 0 Å². The van der Waals surface area contributed by atoms with Gasteiger partial charge in [0.2, 0.25) is 0 Å². The summed E-state index contributed by atoms with van der Waals surface area (Å²) < 4.78 is 0. The molecule has 11 heavy (non-hydrogen) atoms. The van der Waals surface area contributed by atoms with E-state index in [1.54, 1.807) is 6.07 Å². The van der Waals surface area contributed by atoms with Gasteiger partial charge in [-0.15, -0.1) is 0 Å². The topological polar surface area (TPSA) is 65.9 Å². The Hall–Kier alpha value is -0.450. The van der Waals surface area contributed by atoms with E-state index in [0.717, 1.165) is 0 Å². The minimum atomic E-state index is -1.10. The molecule has 1 aromatic heterocycles. The molecule has 0 bridgehead atoms. The van der Waals surface area contributed by atoms with E-state index in [1.165, 1.54) is 12.4 Å². The molecule has 0 atom stereocenters. The summed E-state index contributed by atoms with van der Waals surface area (Å²) in [6.45, 7) is 0. The second-order valence-corrected chi connectivity index (χ2v) is 1.80. The van der Waals surface area contributed by atoms with Crippen LogP contribution in [0.4, 0.5) is 0 Å². The molecule has 0 aromatic carbocycles. The van der Waals surface area contributed by atoms with Crippen LogP contribution in [-0.4, -0.2) is 16.2 Å². The molecule has 0 radical (unpaired) electrons. The number of hydrogen-bond acceptors (Lipinski definition) is 4. The van der Waals surface area contributed by atoms with Gasteiger partial charge in [-0.1, -0.05) is 0 Å². The second-order valence-electron chi connectivity index (χ2n) is 1.80. The Labute approximate surface area is 85.9 Å². The van der Waals surface area contributed by atoms with Crippen molar-refractivity contribution < 1.29 is 39.5 Å². The van der Waals surface area contributed by atoms with Crippen LogP contribution >= 0.6 is 0 Å². The van der Waals surface area contributed by atoms with Crippen LogP contribution in [0.25, 0.3) is 0 Å². The monoisotopic (exact) mass is 160 g/mol. The minimum absolute atomic E-state index is 0. The molecule has 5 heteroatoms. The van der Waals surface area contributed by atoms with Crippen LogP contribution in [0.15, 0.2) is 18.5 Å². The Morgan fingerprint density at radius 1 is 1.55 bits per heavy atom. The number of carboxylic acids is 1. The zero-order valence-electron chi connectivity index (χ0n) is 6.15. The zero-order valence-corrected chi connectivity index (χ0v) is 8.15. The molecule has 0 spiro atoms. The van der Waals surface area contributed by atoms with Crippen molar-refractivity contribution in [1.29, 1.82) is 0 Å². The predicted molar refractivity (Wildman–Crippen MR) is 30.7 cm³/mol. The Bertz CT molecular complexity index is 227. The van der Waals surface area contributed by atoms with E-state index in [1.807, 2.05) is 0 Å². The fourth-order valence-corrected chi connectivity index (χ4v) is 0.589. The van der Waals surface area contributed by atoms with Gasteiger partial charge in [0.05, 0.1) is 6.20 Å². The van der Waals surface area contributed by atoms with Gasteiger partial charge in [0.25, 0.3) is 0 Å². The van der Waals surface area contributed by atoms with Crippen LogP contribution in [-0.2, 0) is 11.2 Å². The summed E-state index contributed by atoms with van der Waals surface area (Å²) in [7, 11) is 0. The summed E-state index contributed by atoms with van der Waals surface area (Å²) in [5.41, 5.74) is 0.606. The van der Waals surface area contributed by atoms with E-state index >= 15 is 0 Å². The number of aliphatic carboxylic acids is 1. The number of carbonyl (C=O) groups is 1. The first-order valence-electron chi connectivity index (χ1n) is 2.74. The van der Waals surface area contributed by atoms with Crippen molar-refractivity contribution in [3.05, 3.63) is 24.0 Å². The Morgan fingerprint density at radius 2 is 2.27 bits per heavy atom. The zero-order chi connectivity index (χ0) is 7.40. The number of carboxylic acid groups (broad SMARTS) is 1. The summed E-state index contributed by atoms with van der Waals surface area (Å²) in [4.78, 5) is 10.0. The normalized spacial score (nSPS) is 8.36. The van der Waals surface area contributed by atoms with Crippen molar-refractivity contribution in [1.82, 2.24) is 10.2 Å². The van der Waals surface area contributed by atoms with Gasteiger partial charge in [-0.05, 0) is 11.6 Å². The first-order chi connectivity index (χ1) is 4.79. The van der Waals surface area contributed by atoms with Crippen LogP contribution in [0.5, 0.6) is 0 Å². The van der Waals surface area contributed by atoms with Crippen molar-refractivity contribution >= 4 is 5.97 Å². The summed E-state index contributed by atoms with van der Waals surface area (Å²) >= 11 is 0. The van der Waals surface area contributed by atoms with Crippen molar-refractivity contribution in [2.45, 2.75) is 6.42 Å². The SMILES string of the molecule is O=C([O-])Cc1ccnnc1.[Na+].